The maximum atomic E-state index is 12.3. The number of nitrogens with zero attached hydrogens (tertiary/aromatic N) is 2. The van der Waals surface area contributed by atoms with Gasteiger partial charge in [-0.25, -0.2) is 9.78 Å². The van der Waals surface area contributed by atoms with Crippen molar-refractivity contribution in [2.75, 3.05) is 13.1 Å². The van der Waals surface area contributed by atoms with Crippen LogP contribution in [0.4, 0.5) is 4.79 Å². The topological polar surface area (TPSA) is 59.5 Å². The van der Waals surface area contributed by atoms with Crippen molar-refractivity contribution >= 4 is 23.0 Å². The van der Waals surface area contributed by atoms with Crippen LogP contribution in [-0.2, 0) is 16.1 Å². The van der Waals surface area contributed by atoms with Gasteiger partial charge in [-0.1, -0.05) is 36.4 Å². The summed E-state index contributed by atoms with van der Waals surface area (Å²) in [6.45, 7) is 1.37. The summed E-state index contributed by atoms with van der Waals surface area (Å²) in [4.78, 5) is 30.3. The average Bonchev–Trinajstić information content (AvgIpc) is 2.68. The van der Waals surface area contributed by atoms with Gasteiger partial charge in [0.15, 0.2) is 5.12 Å². The Hall–Kier alpha value is -2.34. The van der Waals surface area contributed by atoms with Crippen LogP contribution in [0, 0.1) is 5.92 Å². The van der Waals surface area contributed by atoms with E-state index < -0.39 is 0 Å². The lowest BCUT2D eigenvalue weighted by molar-refractivity contribution is -0.115. The number of piperidine rings is 1. The zero-order valence-electron chi connectivity index (χ0n) is 13.8. The third-order valence-corrected chi connectivity index (χ3v) is 5.12. The molecule has 2 heterocycles. The zero-order valence-corrected chi connectivity index (χ0v) is 14.7. The van der Waals surface area contributed by atoms with Crippen molar-refractivity contribution in [2.24, 2.45) is 5.92 Å². The van der Waals surface area contributed by atoms with Crippen LogP contribution < -0.4 is 0 Å². The first-order valence-corrected chi connectivity index (χ1v) is 9.12. The number of hydrogen-bond acceptors (Lipinski definition) is 5. The van der Waals surface area contributed by atoms with Gasteiger partial charge in [-0.05, 0) is 42.3 Å². The maximum Gasteiger partial charge on any atom is 0.410 e. The SMILES string of the molecule is O=C(Sc1ccccn1)C1CCN(C(=O)OCc2ccccc2)CC1. The number of thioether (sulfide) groups is 1. The Kier molecular flexibility index (Phi) is 6.06. The van der Waals surface area contributed by atoms with Gasteiger partial charge in [0.1, 0.15) is 11.6 Å². The minimum Gasteiger partial charge on any atom is -0.445 e. The normalized spacial score (nSPS) is 15.0. The number of aromatic nitrogens is 1. The Bertz CT molecular complexity index is 701. The molecule has 1 aromatic heterocycles. The Balaban J connectivity index is 1.43. The van der Waals surface area contributed by atoms with E-state index in [2.05, 4.69) is 4.98 Å². The van der Waals surface area contributed by atoms with Crippen molar-refractivity contribution in [1.29, 1.82) is 0 Å². The van der Waals surface area contributed by atoms with E-state index in [1.165, 1.54) is 11.8 Å². The Morgan fingerprint density at radius 2 is 1.80 bits per heavy atom. The summed E-state index contributed by atoms with van der Waals surface area (Å²) in [6.07, 6.45) is 2.70. The van der Waals surface area contributed by atoms with E-state index in [0.717, 1.165) is 10.6 Å². The number of benzene rings is 1. The molecule has 1 amide bonds. The molecule has 5 nitrogen and oxygen atoms in total. The molecule has 25 heavy (non-hydrogen) atoms. The minimum absolute atomic E-state index is 0.0369. The summed E-state index contributed by atoms with van der Waals surface area (Å²) in [5.41, 5.74) is 0.965. The largest absolute Gasteiger partial charge is 0.445 e. The van der Waals surface area contributed by atoms with Crippen LogP contribution in [0.25, 0.3) is 0 Å². The number of amides is 1. The van der Waals surface area contributed by atoms with Crippen molar-refractivity contribution in [2.45, 2.75) is 24.5 Å². The summed E-state index contributed by atoms with van der Waals surface area (Å²) in [7, 11) is 0. The summed E-state index contributed by atoms with van der Waals surface area (Å²) in [5, 5.41) is 0.841. The first-order chi connectivity index (χ1) is 12.2. The molecule has 0 N–H and O–H groups in total. The predicted octanol–water partition coefficient (Wildman–Crippen LogP) is 3.75. The van der Waals surface area contributed by atoms with E-state index in [4.69, 9.17) is 4.74 Å². The summed E-state index contributed by atoms with van der Waals surface area (Å²) >= 11 is 1.18. The van der Waals surface area contributed by atoms with Gasteiger partial charge < -0.3 is 9.64 Å². The van der Waals surface area contributed by atoms with Crippen molar-refractivity contribution in [1.82, 2.24) is 9.88 Å². The Morgan fingerprint density at radius 3 is 2.48 bits per heavy atom. The zero-order chi connectivity index (χ0) is 17.5. The smallest absolute Gasteiger partial charge is 0.410 e. The highest BCUT2D eigenvalue weighted by atomic mass is 32.2. The predicted molar refractivity (Wildman–Crippen MR) is 96.0 cm³/mol. The van der Waals surface area contributed by atoms with Gasteiger partial charge in [0.05, 0.1) is 0 Å². The molecule has 0 atom stereocenters. The van der Waals surface area contributed by atoms with Gasteiger partial charge in [-0.2, -0.15) is 0 Å². The number of carbonyl (C=O) groups is 2. The summed E-state index contributed by atoms with van der Waals surface area (Å²) in [6, 6.07) is 15.1. The van der Waals surface area contributed by atoms with Crippen LogP contribution in [0.1, 0.15) is 18.4 Å². The van der Waals surface area contributed by atoms with Crippen molar-refractivity contribution < 1.29 is 14.3 Å². The maximum absolute atomic E-state index is 12.3. The molecule has 0 unspecified atom stereocenters. The third kappa shape index (κ3) is 5.06. The second kappa shape index (κ2) is 8.67. The average molecular weight is 356 g/mol. The van der Waals surface area contributed by atoms with Crippen molar-refractivity contribution in [3.63, 3.8) is 0 Å². The molecule has 130 valence electrons. The van der Waals surface area contributed by atoms with Crippen molar-refractivity contribution in [3.05, 3.63) is 60.3 Å². The molecule has 0 saturated carbocycles. The molecule has 1 saturated heterocycles. The minimum atomic E-state index is -0.313. The number of likely N-dealkylation sites (tertiary alicyclic amines) is 1. The number of rotatable bonds is 4. The van der Waals surface area contributed by atoms with E-state index in [1.54, 1.807) is 11.1 Å². The molecule has 6 heteroatoms. The van der Waals surface area contributed by atoms with Crippen LogP contribution in [0.5, 0.6) is 0 Å². The molecule has 1 fully saturated rings. The number of hydrogen-bond donors (Lipinski definition) is 0. The van der Waals surface area contributed by atoms with Gasteiger partial charge in [0.25, 0.3) is 0 Å². The Labute approximate surface area is 151 Å². The lowest BCUT2D eigenvalue weighted by Gasteiger charge is -2.30. The molecule has 2 aromatic rings. The monoisotopic (exact) mass is 356 g/mol. The second-order valence-electron chi connectivity index (χ2n) is 5.89. The summed E-state index contributed by atoms with van der Waals surface area (Å²) in [5.74, 6) is -0.0369. The molecule has 1 aromatic carbocycles. The van der Waals surface area contributed by atoms with Crippen LogP contribution in [0.15, 0.2) is 59.8 Å². The fourth-order valence-corrected chi connectivity index (χ4v) is 3.57. The fraction of sp³-hybridized carbons (Fsp3) is 0.316. The van der Waals surface area contributed by atoms with Gasteiger partial charge in [0.2, 0.25) is 0 Å². The first kappa shape index (κ1) is 17.5. The molecule has 3 rings (SSSR count). The van der Waals surface area contributed by atoms with Gasteiger partial charge in [-0.15, -0.1) is 0 Å². The van der Waals surface area contributed by atoms with Crippen LogP contribution in [0.3, 0.4) is 0 Å². The standard InChI is InChI=1S/C19H20N2O3S/c22-18(25-17-8-4-5-11-20-17)16-9-12-21(13-10-16)19(23)24-14-15-6-2-1-3-7-15/h1-8,11,16H,9-10,12-14H2. The van der Waals surface area contributed by atoms with E-state index in [1.807, 2.05) is 48.5 Å². The first-order valence-electron chi connectivity index (χ1n) is 8.31. The summed E-state index contributed by atoms with van der Waals surface area (Å²) < 4.78 is 5.35. The molecule has 1 aliphatic rings. The highest BCUT2D eigenvalue weighted by molar-refractivity contribution is 8.13. The molecule has 0 aliphatic carbocycles. The third-order valence-electron chi connectivity index (χ3n) is 4.13. The Morgan fingerprint density at radius 1 is 1.08 bits per heavy atom. The molecule has 0 radical (unpaired) electrons. The number of pyridine rings is 1. The molecule has 1 aliphatic heterocycles. The lowest BCUT2D eigenvalue weighted by atomic mass is 9.99. The molecular weight excluding hydrogens is 336 g/mol. The quantitative estimate of drug-likeness (QED) is 0.781. The van der Waals surface area contributed by atoms with Gasteiger partial charge >= 0.3 is 6.09 Å². The highest BCUT2D eigenvalue weighted by Crippen LogP contribution is 2.27. The second-order valence-corrected chi connectivity index (χ2v) is 6.92. The molecule has 0 bridgehead atoms. The molecule has 0 spiro atoms. The number of ether oxygens (including phenoxy) is 1. The van der Waals surface area contributed by atoms with E-state index in [9.17, 15) is 9.59 Å². The van der Waals surface area contributed by atoms with Crippen molar-refractivity contribution in [3.8, 4) is 0 Å². The lowest BCUT2D eigenvalue weighted by Crippen LogP contribution is -2.40. The van der Waals surface area contributed by atoms with E-state index in [0.29, 0.717) is 25.9 Å². The van der Waals surface area contributed by atoms with Crippen LogP contribution >= 0.6 is 11.8 Å². The van der Waals surface area contributed by atoms with Crippen LogP contribution in [0.2, 0.25) is 0 Å². The van der Waals surface area contributed by atoms with Gasteiger partial charge in [-0.3, -0.25) is 4.79 Å². The van der Waals surface area contributed by atoms with E-state index >= 15 is 0 Å². The fourth-order valence-electron chi connectivity index (χ4n) is 2.70. The number of carbonyl (C=O) groups excluding carboxylic acids is 2. The highest BCUT2D eigenvalue weighted by Gasteiger charge is 2.28. The van der Waals surface area contributed by atoms with Crippen LogP contribution in [-0.4, -0.2) is 34.2 Å². The van der Waals surface area contributed by atoms with Gasteiger partial charge in [0, 0.05) is 25.2 Å². The molecular formula is C19H20N2O3S. The van der Waals surface area contributed by atoms with E-state index in [-0.39, 0.29) is 23.7 Å².